The van der Waals surface area contributed by atoms with E-state index in [0.717, 1.165) is 26.0 Å². The zero-order valence-corrected chi connectivity index (χ0v) is 16.2. The molecule has 0 aromatic heterocycles. The molecule has 2 N–H and O–H groups in total. The predicted octanol–water partition coefficient (Wildman–Crippen LogP) is 3.26. The molecule has 1 saturated heterocycles. The second-order valence-corrected chi connectivity index (χ2v) is 7.10. The first kappa shape index (κ1) is 20.0. The van der Waals surface area contributed by atoms with Gasteiger partial charge in [-0.3, -0.25) is 14.5 Å². The van der Waals surface area contributed by atoms with E-state index in [-0.39, 0.29) is 17.9 Å². The van der Waals surface area contributed by atoms with Gasteiger partial charge in [-0.1, -0.05) is 30.3 Å². The van der Waals surface area contributed by atoms with Gasteiger partial charge in [-0.25, -0.2) is 0 Å². The molecule has 3 rings (SSSR count). The van der Waals surface area contributed by atoms with Crippen LogP contribution in [0.25, 0.3) is 0 Å². The Kier molecular flexibility index (Phi) is 7.17. The lowest BCUT2D eigenvalue weighted by molar-refractivity contribution is -0.118. The van der Waals surface area contributed by atoms with Gasteiger partial charge >= 0.3 is 0 Å². The average Bonchev–Trinajstić information content (AvgIpc) is 3.16. The van der Waals surface area contributed by atoms with Crippen LogP contribution in [-0.2, 0) is 20.9 Å². The summed E-state index contributed by atoms with van der Waals surface area (Å²) in [6.07, 6.45) is 2.31. The first-order valence-corrected chi connectivity index (χ1v) is 9.64. The van der Waals surface area contributed by atoms with Crippen LogP contribution >= 0.6 is 0 Å². The summed E-state index contributed by atoms with van der Waals surface area (Å²) < 4.78 is 5.76. The van der Waals surface area contributed by atoms with Crippen molar-refractivity contribution < 1.29 is 14.3 Å². The molecular weight excluding hydrogens is 354 g/mol. The quantitative estimate of drug-likeness (QED) is 0.736. The van der Waals surface area contributed by atoms with Gasteiger partial charge in [0, 0.05) is 38.0 Å². The highest BCUT2D eigenvalue weighted by Crippen LogP contribution is 2.16. The topological polar surface area (TPSA) is 70.7 Å². The number of amides is 2. The molecule has 28 heavy (non-hydrogen) atoms. The number of hydrogen-bond acceptors (Lipinski definition) is 4. The maximum absolute atomic E-state index is 12.6. The third kappa shape index (κ3) is 6.48. The van der Waals surface area contributed by atoms with Gasteiger partial charge in [0.25, 0.3) is 0 Å². The van der Waals surface area contributed by atoms with Crippen molar-refractivity contribution in [1.82, 2.24) is 4.90 Å². The SMILES string of the molecule is CC(=O)Nc1ccc(NC(=O)CN(Cc2ccccc2)CC2CCCO2)cc1. The van der Waals surface area contributed by atoms with Crippen LogP contribution in [0.5, 0.6) is 0 Å². The Morgan fingerprint density at radius 1 is 1.04 bits per heavy atom. The van der Waals surface area contributed by atoms with Gasteiger partial charge in [0.15, 0.2) is 0 Å². The number of nitrogens with zero attached hydrogens (tertiary/aromatic N) is 1. The lowest BCUT2D eigenvalue weighted by Crippen LogP contribution is -2.37. The van der Waals surface area contributed by atoms with Crippen molar-refractivity contribution in [2.75, 3.05) is 30.3 Å². The number of anilines is 2. The number of carbonyl (C=O) groups excluding carboxylic acids is 2. The highest BCUT2D eigenvalue weighted by molar-refractivity contribution is 5.93. The fraction of sp³-hybridized carbons (Fsp3) is 0.364. The van der Waals surface area contributed by atoms with E-state index in [0.29, 0.717) is 24.5 Å². The monoisotopic (exact) mass is 381 g/mol. The van der Waals surface area contributed by atoms with Gasteiger partial charge in [0.2, 0.25) is 11.8 Å². The molecule has 6 nitrogen and oxygen atoms in total. The summed E-state index contributed by atoms with van der Waals surface area (Å²) in [6.45, 7) is 4.00. The summed E-state index contributed by atoms with van der Waals surface area (Å²) in [5.74, 6) is -0.191. The Morgan fingerprint density at radius 2 is 1.71 bits per heavy atom. The molecule has 1 fully saturated rings. The number of carbonyl (C=O) groups is 2. The minimum Gasteiger partial charge on any atom is -0.377 e. The van der Waals surface area contributed by atoms with Gasteiger partial charge in [0.1, 0.15) is 0 Å². The molecule has 0 radical (unpaired) electrons. The first-order chi connectivity index (χ1) is 13.6. The van der Waals surface area contributed by atoms with E-state index in [1.165, 1.54) is 12.5 Å². The predicted molar refractivity (Wildman–Crippen MR) is 110 cm³/mol. The highest BCUT2D eigenvalue weighted by Gasteiger charge is 2.21. The van der Waals surface area contributed by atoms with Crippen molar-refractivity contribution in [3.63, 3.8) is 0 Å². The van der Waals surface area contributed by atoms with Crippen molar-refractivity contribution in [2.24, 2.45) is 0 Å². The van der Waals surface area contributed by atoms with E-state index >= 15 is 0 Å². The highest BCUT2D eigenvalue weighted by atomic mass is 16.5. The maximum Gasteiger partial charge on any atom is 0.238 e. The van der Waals surface area contributed by atoms with Crippen LogP contribution in [0.2, 0.25) is 0 Å². The number of benzene rings is 2. The molecule has 2 aromatic rings. The molecule has 0 spiro atoms. The van der Waals surface area contributed by atoms with Crippen LogP contribution in [-0.4, -0.2) is 42.5 Å². The molecule has 0 aliphatic carbocycles. The van der Waals surface area contributed by atoms with Gasteiger partial charge in [-0.15, -0.1) is 0 Å². The zero-order valence-electron chi connectivity index (χ0n) is 16.2. The van der Waals surface area contributed by atoms with Crippen LogP contribution in [0.3, 0.4) is 0 Å². The summed E-state index contributed by atoms with van der Waals surface area (Å²) in [4.78, 5) is 25.8. The average molecular weight is 381 g/mol. The number of ether oxygens (including phenoxy) is 1. The van der Waals surface area contributed by atoms with E-state index in [4.69, 9.17) is 4.74 Å². The summed E-state index contributed by atoms with van der Waals surface area (Å²) >= 11 is 0. The lowest BCUT2D eigenvalue weighted by Gasteiger charge is -2.24. The molecule has 1 aliphatic rings. The molecule has 2 amide bonds. The number of rotatable bonds is 8. The van der Waals surface area contributed by atoms with E-state index in [9.17, 15) is 9.59 Å². The standard InChI is InChI=1S/C22H27N3O3/c1-17(26)23-19-9-11-20(12-10-19)24-22(27)16-25(15-21-8-5-13-28-21)14-18-6-3-2-4-7-18/h2-4,6-7,9-12,21H,5,8,13-16H2,1H3,(H,23,26)(H,24,27). The Labute approximate surface area is 165 Å². The van der Waals surface area contributed by atoms with Crippen molar-refractivity contribution in [1.29, 1.82) is 0 Å². The zero-order chi connectivity index (χ0) is 19.8. The Balaban J connectivity index is 1.58. The molecular formula is C22H27N3O3. The molecule has 1 aliphatic heterocycles. The van der Waals surface area contributed by atoms with Crippen molar-refractivity contribution in [3.05, 3.63) is 60.2 Å². The van der Waals surface area contributed by atoms with Gasteiger partial charge < -0.3 is 15.4 Å². The summed E-state index contributed by atoms with van der Waals surface area (Å²) in [7, 11) is 0. The largest absolute Gasteiger partial charge is 0.377 e. The third-order valence-corrected chi connectivity index (χ3v) is 4.59. The number of hydrogen-bond donors (Lipinski definition) is 2. The second-order valence-electron chi connectivity index (χ2n) is 7.10. The van der Waals surface area contributed by atoms with Crippen molar-refractivity contribution >= 4 is 23.2 Å². The first-order valence-electron chi connectivity index (χ1n) is 9.64. The fourth-order valence-corrected chi connectivity index (χ4v) is 3.35. The minimum atomic E-state index is -0.123. The third-order valence-electron chi connectivity index (χ3n) is 4.59. The Morgan fingerprint density at radius 3 is 2.32 bits per heavy atom. The molecule has 148 valence electrons. The van der Waals surface area contributed by atoms with Crippen LogP contribution in [0.1, 0.15) is 25.3 Å². The number of nitrogens with one attached hydrogen (secondary N) is 2. The van der Waals surface area contributed by atoms with Gasteiger partial charge in [0.05, 0.1) is 12.6 Å². The molecule has 1 heterocycles. The van der Waals surface area contributed by atoms with Gasteiger partial charge in [-0.05, 0) is 42.7 Å². The minimum absolute atomic E-state index is 0.0683. The van der Waals surface area contributed by atoms with Crippen LogP contribution in [0.15, 0.2) is 54.6 Å². The molecule has 1 unspecified atom stereocenters. The van der Waals surface area contributed by atoms with E-state index in [2.05, 4.69) is 27.7 Å². The lowest BCUT2D eigenvalue weighted by atomic mass is 10.2. The van der Waals surface area contributed by atoms with Crippen LogP contribution in [0.4, 0.5) is 11.4 Å². The van der Waals surface area contributed by atoms with E-state index in [1.54, 1.807) is 24.3 Å². The van der Waals surface area contributed by atoms with Crippen molar-refractivity contribution in [3.8, 4) is 0 Å². The van der Waals surface area contributed by atoms with E-state index < -0.39 is 0 Å². The Bertz CT molecular complexity index is 771. The molecule has 0 bridgehead atoms. The molecule has 2 aromatic carbocycles. The fourth-order valence-electron chi connectivity index (χ4n) is 3.35. The van der Waals surface area contributed by atoms with Crippen LogP contribution < -0.4 is 10.6 Å². The summed E-state index contributed by atoms with van der Waals surface area (Å²) in [5, 5.41) is 5.64. The summed E-state index contributed by atoms with van der Waals surface area (Å²) in [5.41, 5.74) is 2.58. The van der Waals surface area contributed by atoms with Crippen LogP contribution in [0, 0.1) is 0 Å². The molecule has 0 saturated carbocycles. The normalized spacial score (nSPS) is 16.1. The summed E-state index contributed by atoms with van der Waals surface area (Å²) in [6, 6.07) is 17.3. The second kappa shape index (κ2) is 10.0. The Hall–Kier alpha value is -2.70. The van der Waals surface area contributed by atoms with Gasteiger partial charge in [-0.2, -0.15) is 0 Å². The van der Waals surface area contributed by atoms with E-state index in [1.807, 2.05) is 18.2 Å². The van der Waals surface area contributed by atoms with Crippen molar-refractivity contribution in [2.45, 2.75) is 32.4 Å². The smallest absolute Gasteiger partial charge is 0.238 e. The molecule has 1 atom stereocenters. The maximum atomic E-state index is 12.6. The molecule has 6 heteroatoms.